The zero-order valence-electron chi connectivity index (χ0n) is 13.8. The summed E-state index contributed by atoms with van der Waals surface area (Å²) >= 11 is -3.76. The van der Waals surface area contributed by atoms with Crippen molar-refractivity contribution in [1.29, 1.82) is 0 Å². The van der Waals surface area contributed by atoms with Crippen LogP contribution in [0.1, 0.15) is 56.1 Å². The van der Waals surface area contributed by atoms with E-state index in [0.717, 1.165) is 25.2 Å². The predicted molar refractivity (Wildman–Crippen MR) is 80.9 cm³/mol. The van der Waals surface area contributed by atoms with Gasteiger partial charge in [-0.1, -0.05) is 13.0 Å². The minimum absolute atomic E-state index is 0.0883. The number of benzene rings is 1. The SMILES string of the molecule is C[C@]12CC[C@@H]3c4ccc(O)cc4CC[C@H]3[C@@H]1CCC2O.[O-][I+2]([O-])O. The third-order valence-corrected chi connectivity index (χ3v) is 6.66. The van der Waals surface area contributed by atoms with Crippen LogP contribution in [0.25, 0.3) is 0 Å². The molecule has 5 atom stereocenters. The van der Waals surface area contributed by atoms with Crippen LogP contribution in [0.15, 0.2) is 18.2 Å². The van der Waals surface area contributed by atoms with Gasteiger partial charge in [0.1, 0.15) is 5.75 Å². The molecule has 6 heteroatoms. The third kappa shape index (κ3) is 3.31. The van der Waals surface area contributed by atoms with Crippen LogP contribution < -0.4 is 27.9 Å². The Labute approximate surface area is 151 Å². The molecule has 0 bridgehead atoms. The van der Waals surface area contributed by atoms with Crippen molar-refractivity contribution in [1.82, 2.24) is 0 Å². The zero-order valence-corrected chi connectivity index (χ0v) is 16.0. The Morgan fingerprint density at radius 1 is 1.17 bits per heavy atom. The maximum atomic E-state index is 10.4. The molecular formula is C18H25IO5. The van der Waals surface area contributed by atoms with E-state index in [-0.39, 0.29) is 11.5 Å². The van der Waals surface area contributed by atoms with Crippen LogP contribution in [0, 0.1) is 17.3 Å². The fourth-order valence-electron chi connectivity index (χ4n) is 5.54. The molecule has 5 nitrogen and oxygen atoms in total. The number of aliphatic hydroxyl groups is 1. The molecular weight excluding hydrogens is 423 g/mol. The molecule has 24 heavy (non-hydrogen) atoms. The Bertz CT molecular complexity index is 590. The number of phenols is 1. The molecule has 0 amide bonds. The topological polar surface area (TPSA) is 107 Å². The van der Waals surface area contributed by atoms with Crippen molar-refractivity contribution in [2.24, 2.45) is 17.3 Å². The van der Waals surface area contributed by atoms with E-state index in [2.05, 4.69) is 13.0 Å². The van der Waals surface area contributed by atoms with Gasteiger partial charge in [-0.3, -0.25) is 0 Å². The molecule has 0 saturated heterocycles. The maximum Gasteiger partial charge on any atom is 0.503 e. The molecule has 1 aromatic carbocycles. The average Bonchev–Trinajstić information content (AvgIpc) is 2.82. The van der Waals surface area contributed by atoms with Gasteiger partial charge in [0.25, 0.3) is 0 Å². The summed E-state index contributed by atoms with van der Waals surface area (Å²) in [5, 5.41) is 20.0. The van der Waals surface area contributed by atoms with Gasteiger partial charge < -0.3 is 17.1 Å². The summed E-state index contributed by atoms with van der Waals surface area (Å²) in [6.45, 7) is 2.32. The van der Waals surface area contributed by atoms with Gasteiger partial charge in [-0.05, 0) is 88.4 Å². The van der Waals surface area contributed by atoms with E-state index in [4.69, 9.17) is 10.3 Å². The van der Waals surface area contributed by atoms with Crippen LogP contribution in [-0.2, 0) is 6.42 Å². The second kappa shape index (κ2) is 7.07. The van der Waals surface area contributed by atoms with E-state index in [1.807, 2.05) is 12.1 Å². The molecule has 2 fully saturated rings. The number of rotatable bonds is 0. The van der Waals surface area contributed by atoms with Gasteiger partial charge in [-0.25, -0.2) is 0 Å². The largest absolute Gasteiger partial charge is 0.508 e. The van der Waals surface area contributed by atoms with Crippen molar-refractivity contribution in [2.45, 2.75) is 57.5 Å². The van der Waals surface area contributed by atoms with Crippen molar-refractivity contribution >= 4 is 0 Å². The fraction of sp³-hybridized carbons (Fsp3) is 0.667. The first-order valence-electron chi connectivity index (χ1n) is 8.57. The number of hydrogen-bond donors (Lipinski definition) is 3. The second-order valence-corrected chi connectivity index (χ2v) is 8.78. The lowest BCUT2D eigenvalue weighted by molar-refractivity contribution is -1.63. The lowest BCUT2D eigenvalue weighted by Crippen LogP contribution is -3.98. The summed E-state index contributed by atoms with van der Waals surface area (Å²) in [5.74, 6) is 2.49. The van der Waals surface area contributed by atoms with Gasteiger partial charge in [-0.2, -0.15) is 0 Å². The molecule has 3 N–H and O–H groups in total. The normalized spacial score (nSPS) is 37.1. The first-order valence-corrected chi connectivity index (χ1v) is 11.3. The molecule has 3 aliphatic rings. The number of hydrogen-bond acceptors (Lipinski definition) is 5. The standard InChI is InChI=1S/C18H24O2.HIO3/c1-18-9-8-14-13-5-3-12(19)10-11(13)2-4-15(14)16(18)6-7-17(18)20;2-1(3)4/h3,5,10,14-17,19-20H,2,4,6-9H2,1H3;2H/t14-,15-,16+,17?,18+;/m1./s1. The lowest BCUT2D eigenvalue weighted by atomic mass is 9.55. The summed E-state index contributed by atoms with van der Waals surface area (Å²) in [6, 6.07) is 5.96. The molecule has 0 aromatic heterocycles. The van der Waals surface area contributed by atoms with Crippen LogP contribution in [-0.4, -0.2) is 19.8 Å². The minimum Gasteiger partial charge on any atom is -0.508 e. The first kappa shape index (κ1) is 18.4. The number of fused-ring (bicyclic) bond motifs is 5. The van der Waals surface area contributed by atoms with Gasteiger partial charge in [0.15, 0.2) is 0 Å². The Balaban J connectivity index is 0.000000383. The summed E-state index contributed by atoms with van der Waals surface area (Å²) in [4.78, 5) is 0. The number of phenolic OH excluding ortho intramolecular Hbond substituents is 1. The highest BCUT2D eigenvalue weighted by molar-refractivity contribution is 5.40. The van der Waals surface area contributed by atoms with E-state index >= 15 is 0 Å². The Morgan fingerprint density at radius 2 is 1.88 bits per heavy atom. The van der Waals surface area contributed by atoms with Crippen molar-refractivity contribution in [3.05, 3.63) is 29.3 Å². The number of halogens is 1. The summed E-state index contributed by atoms with van der Waals surface area (Å²) < 4.78 is 24.5. The van der Waals surface area contributed by atoms with Crippen molar-refractivity contribution < 1.29 is 41.6 Å². The second-order valence-electron chi connectivity index (χ2n) is 7.64. The maximum absolute atomic E-state index is 10.4. The summed E-state index contributed by atoms with van der Waals surface area (Å²) in [7, 11) is 0. The van der Waals surface area contributed by atoms with Gasteiger partial charge in [-0.15, -0.1) is 0 Å². The van der Waals surface area contributed by atoms with Crippen LogP contribution in [0.2, 0.25) is 0 Å². The highest BCUT2D eigenvalue weighted by Gasteiger charge is 2.54. The summed E-state index contributed by atoms with van der Waals surface area (Å²) in [5.41, 5.74) is 2.99. The third-order valence-electron chi connectivity index (χ3n) is 6.66. The van der Waals surface area contributed by atoms with E-state index in [9.17, 15) is 10.2 Å². The molecule has 0 heterocycles. The first-order chi connectivity index (χ1) is 11.3. The van der Waals surface area contributed by atoms with Crippen LogP contribution in [0.5, 0.6) is 5.75 Å². The highest BCUT2D eigenvalue weighted by Crippen LogP contribution is 2.60. The van der Waals surface area contributed by atoms with E-state index in [0.29, 0.717) is 17.6 Å². The Hall–Kier alpha value is -0.410. The molecule has 0 spiro atoms. The molecule has 134 valence electrons. The van der Waals surface area contributed by atoms with Crippen LogP contribution >= 0.6 is 0 Å². The highest BCUT2D eigenvalue weighted by atomic mass is 127. The van der Waals surface area contributed by atoms with E-state index in [1.54, 1.807) is 0 Å². The Morgan fingerprint density at radius 3 is 2.58 bits per heavy atom. The van der Waals surface area contributed by atoms with Gasteiger partial charge in [0.2, 0.25) is 0 Å². The van der Waals surface area contributed by atoms with Crippen molar-refractivity contribution in [3.63, 3.8) is 0 Å². The average molecular weight is 448 g/mol. The van der Waals surface area contributed by atoms with E-state index < -0.39 is 21.1 Å². The van der Waals surface area contributed by atoms with Gasteiger partial charge >= 0.3 is 21.1 Å². The van der Waals surface area contributed by atoms with Crippen LogP contribution in [0.3, 0.4) is 0 Å². The quantitative estimate of drug-likeness (QED) is 0.387. The zero-order chi connectivity index (χ0) is 17.5. The monoisotopic (exact) mass is 448 g/mol. The summed E-state index contributed by atoms with van der Waals surface area (Å²) in [6.07, 6.45) is 6.78. The molecule has 0 aliphatic heterocycles. The Kier molecular flexibility index (Phi) is 5.42. The van der Waals surface area contributed by atoms with E-state index in [1.165, 1.54) is 30.4 Å². The number of aromatic hydroxyl groups is 1. The van der Waals surface area contributed by atoms with Crippen LogP contribution in [0.4, 0.5) is 0 Å². The number of aliphatic hydroxyl groups excluding tert-OH is 1. The molecule has 0 radical (unpaired) electrons. The van der Waals surface area contributed by atoms with Crippen molar-refractivity contribution in [3.8, 4) is 5.75 Å². The smallest absolute Gasteiger partial charge is 0.503 e. The predicted octanol–water partition coefficient (Wildman–Crippen LogP) is -2.32. The minimum atomic E-state index is -3.76. The molecule has 4 rings (SSSR count). The molecule has 1 unspecified atom stereocenters. The van der Waals surface area contributed by atoms with Gasteiger partial charge in [0.05, 0.1) is 6.10 Å². The molecule has 3 aliphatic carbocycles. The fourth-order valence-corrected chi connectivity index (χ4v) is 5.54. The molecule has 1 aromatic rings. The number of aryl methyl sites for hydroxylation is 1. The van der Waals surface area contributed by atoms with Gasteiger partial charge in [0, 0.05) is 0 Å². The lowest BCUT2D eigenvalue weighted by Gasteiger charge is -2.50. The van der Waals surface area contributed by atoms with Crippen molar-refractivity contribution in [2.75, 3.05) is 0 Å². The molecule has 2 saturated carbocycles.